The van der Waals surface area contributed by atoms with Gasteiger partial charge in [0.15, 0.2) is 0 Å². The average Bonchev–Trinajstić information content (AvgIpc) is 3.11. The van der Waals surface area contributed by atoms with Crippen molar-refractivity contribution in [1.29, 1.82) is 0 Å². The molecule has 0 rings (SSSR count). The van der Waals surface area contributed by atoms with Crippen molar-refractivity contribution in [2.24, 2.45) is 28.6 Å². The van der Waals surface area contributed by atoms with Gasteiger partial charge in [-0.05, 0) is 48.3 Å². The molecule has 0 aliphatic carbocycles. The fraction of sp³-hybridized carbons (Fsp3) is 0.976. The number of aliphatic hydroxyl groups excluding tert-OH is 1. The second-order valence-electron chi connectivity index (χ2n) is 16.4. The lowest BCUT2D eigenvalue weighted by molar-refractivity contribution is -0.152. The van der Waals surface area contributed by atoms with Gasteiger partial charge in [-0.25, -0.2) is 0 Å². The predicted molar refractivity (Wildman–Crippen MR) is 216 cm³/mol. The molecule has 1 N–H and O–H groups in total. The van der Waals surface area contributed by atoms with Gasteiger partial charge in [-0.1, -0.05) is 55.4 Å². The lowest BCUT2D eigenvalue weighted by Gasteiger charge is -2.30. The second kappa shape index (κ2) is 38.2. The molecule has 0 aromatic carbocycles. The summed E-state index contributed by atoms with van der Waals surface area (Å²) in [6.07, 6.45) is 4.02. The first-order valence-electron chi connectivity index (χ1n) is 21.0. The molecular formula is C42H84O14. The van der Waals surface area contributed by atoms with Crippen molar-refractivity contribution in [3.05, 3.63) is 0 Å². The summed E-state index contributed by atoms with van der Waals surface area (Å²) in [4.78, 5) is 13.1. The van der Waals surface area contributed by atoms with Gasteiger partial charge in [-0.15, -0.1) is 0 Å². The highest BCUT2D eigenvalue weighted by atomic mass is 16.6. The maximum atomic E-state index is 13.1. The Balaban J connectivity index is 3.52. The largest absolute Gasteiger partial charge is 0.463 e. The summed E-state index contributed by atoms with van der Waals surface area (Å²) in [7, 11) is 0. The molecule has 0 aliphatic rings. The molecule has 336 valence electrons. The Kier molecular flexibility index (Phi) is 37.5. The highest BCUT2D eigenvalue weighted by Gasteiger charge is 2.30. The van der Waals surface area contributed by atoms with E-state index in [4.69, 9.17) is 61.9 Å². The Bertz CT molecular complexity index is 835. The van der Waals surface area contributed by atoms with E-state index in [0.717, 1.165) is 25.7 Å². The molecule has 0 aromatic rings. The standard InChI is InChI=1S/C42H84O14/c1-37(35-41(3,4)5)9-10-39(38(2)36-42(6,7)8)40(44)56-34-33-55-32-31-54-30-29-53-28-27-52-26-25-51-24-23-50-22-21-49-20-19-48-18-17-47-16-15-46-14-13-45-12-11-43/h37-39,43H,9-36H2,1-8H3. The first-order chi connectivity index (χ1) is 26.9. The minimum absolute atomic E-state index is 0.0217. The van der Waals surface area contributed by atoms with Crippen LogP contribution in [0.2, 0.25) is 0 Å². The van der Waals surface area contributed by atoms with Crippen molar-refractivity contribution in [3.63, 3.8) is 0 Å². The van der Waals surface area contributed by atoms with Crippen LogP contribution >= 0.6 is 0 Å². The Morgan fingerprint density at radius 1 is 0.411 bits per heavy atom. The SMILES string of the molecule is CC(CCC(C(=O)OCCOCCOCCOCCOCCOCCOCCOCCOCCOCCOCCOCCO)C(C)CC(C)(C)C)CC(C)(C)C. The van der Waals surface area contributed by atoms with Gasteiger partial charge in [0.05, 0.1) is 158 Å². The Labute approximate surface area is 340 Å². The van der Waals surface area contributed by atoms with E-state index in [2.05, 4.69) is 55.4 Å². The number of carbonyl (C=O) groups is 1. The number of esters is 1. The van der Waals surface area contributed by atoms with E-state index in [1.165, 1.54) is 0 Å². The van der Waals surface area contributed by atoms with Gasteiger partial charge in [0.1, 0.15) is 6.61 Å². The summed E-state index contributed by atoms with van der Waals surface area (Å²) in [5.41, 5.74) is 0.449. The van der Waals surface area contributed by atoms with Crippen LogP contribution in [0.3, 0.4) is 0 Å². The second-order valence-corrected chi connectivity index (χ2v) is 16.4. The monoisotopic (exact) mass is 813 g/mol. The zero-order chi connectivity index (χ0) is 41.6. The normalized spacial score (nSPS) is 13.9. The summed E-state index contributed by atoms with van der Waals surface area (Å²) in [5.74, 6) is 0.643. The van der Waals surface area contributed by atoms with Crippen molar-refractivity contribution < 1.29 is 66.7 Å². The lowest BCUT2D eigenvalue weighted by atomic mass is 9.76. The first-order valence-corrected chi connectivity index (χ1v) is 21.0. The van der Waals surface area contributed by atoms with Crippen LogP contribution in [0.15, 0.2) is 0 Å². The quantitative estimate of drug-likeness (QED) is 0.0633. The number of aliphatic hydroxyl groups is 1. The molecule has 14 nitrogen and oxygen atoms in total. The molecule has 0 aromatic heterocycles. The van der Waals surface area contributed by atoms with E-state index in [0.29, 0.717) is 151 Å². The van der Waals surface area contributed by atoms with Crippen molar-refractivity contribution in [3.8, 4) is 0 Å². The van der Waals surface area contributed by atoms with Crippen LogP contribution in [0.1, 0.15) is 81.1 Å². The van der Waals surface area contributed by atoms with Gasteiger partial charge >= 0.3 is 5.97 Å². The molecule has 0 heterocycles. The van der Waals surface area contributed by atoms with Gasteiger partial charge in [0, 0.05) is 0 Å². The highest BCUT2D eigenvalue weighted by Crippen LogP contribution is 2.34. The summed E-state index contributed by atoms with van der Waals surface area (Å²) in [6, 6.07) is 0. The minimum atomic E-state index is -0.0999. The van der Waals surface area contributed by atoms with E-state index < -0.39 is 0 Å². The lowest BCUT2D eigenvalue weighted by Crippen LogP contribution is -2.29. The predicted octanol–water partition coefficient (Wildman–Crippen LogP) is 5.25. The van der Waals surface area contributed by atoms with Crippen LogP contribution in [0.4, 0.5) is 0 Å². The Morgan fingerprint density at radius 3 is 0.946 bits per heavy atom. The number of ether oxygens (including phenoxy) is 12. The van der Waals surface area contributed by atoms with Crippen LogP contribution in [-0.2, 0) is 61.6 Å². The van der Waals surface area contributed by atoms with E-state index in [-0.39, 0.29) is 41.8 Å². The van der Waals surface area contributed by atoms with Gasteiger partial charge in [0.25, 0.3) is 0 Å². The summed E-state index contributed by atoms with van der Waals surface area (Å²) in [6.45, 7) is 28.7. The zero-order valence-corrected chi connectivity index (χ0v) is 36.8. The molecular weight excluding hydrogens is 728 g/mol. The molecule has 0 saturated carbocycles. The van der Waals surface area contributed by atoms with Crippen molar-refractivity contribution >= 4 is 5.97 Å². The van der Waals surface area contributed by atoms with Gasteiger partial charge in [-0.2, -0.15) is 0 Å². The number of rotatable bonds is 42. The number of carbonyl (C=O) groups excluding carboxylic acids is 1. The third-order valence-corrected chi connectivity index (χ3v) is 8.28. The maximum Gasteiger partial charge on any atom is 0.309 e. The molecule has 56 heavy (non-hydrogen) atoms. The smallest absolute Gasteiger partial charge is 0.309 e. The highest BCUT2D eigenvalue weighted by molar-refractivity contribution is 5.72. The van der Waals surface area contributed by atoms with Crippen LogP contribution in [0.25, 0.3) is 0 Å². The Hall–Kier alpha value is -1.01. The number of hydrogen-bond acceptors (Lipinski definition) is 14. The van der Waals surface area contributed by atoms with Crippen LogP contribution in [0, 0.1) is 28.6 Å². The van der Waals surface area contributed by atoms with E-state index in [1.807, 2.05) is 0 Å². The van der Waals surface area contributed by atoms with Gasteiger partial charge in [-0.3, -0.25) is 4.79 Å². The molecule has 0 aliphatic heterocycles. The Morgan fingerprint density at radius 2 is 0.679 bits per heavy atom. The molecule has 0 spiro atoms. The number of hydrogen-bond donors (Lipinski definition) is 1. The molecule has 3 atom stereocenters. The van der Waals surface area contributed by atoms with Crippen LogP contribution in [0.5, 0.6) is 0 Å². The van der Waals surface area contributed by atoms with Crippen molar-refractivity contribution in [2.45, 2.75) is 81.1 Å². The van der Waals surface area contributed by atoms with Crippen LogP contribution < -0.4 is 0 Å². The zero-order valence-electron chi connectivity index (χ0n) is 36.8. The fourth-order valence-electron chi connectivity index (χ4n) is 6.03. The third-order valence-electron chi connectivity index (χ3n) is 8.28. The molecule has 14 heteroatoms. The summed E-state index contributed by atoms with van der Waals surface area (Å²) < 4.78 is 65.7. The molecule has 0 saturated heterocycles. The minimum Gasteiger partial charge on any atom is -0.463 e. The molecule has 0 bridgehead atoms. The van der Waals surface area contributed by atoms with E-state index in [1.54, 1.807) is 0 Å². The van der Waals surface area contributed by atoms with Gasteiger partial charge < -0.3 is 61.9 Å². The van der Waals surface area contributed by atoms with E-state index >= 15 is 0 Å². The topological polar surface area (TPSA) is 148 Å². The van der Waals surface area contributed by atoms with Crippen molar-refractivity contribution in [2.75, 3.05) is 159 Å². The molecule has 0 fully saturated rings. The van der Waals surface area contributed by atoms with E-state index in [9.17, 15) is 4.79 Å². The van der Waals surface area contributed by atoms with Crippen LogP contribution in [-0.4, -0.2) is 170 Å². The molecule has 0 amide bonds. The fourth-order valence-corrected chi connectivity index (χ4v) is 6.03. The molecule has 0 radical (unpaired) electrons. The molecule has 3 unspecified atom stereocenters. The summed E-state index contributed by atoms with van der Waals surface area (Å²) in [5, 5.41) is 8.60. The average molecular weight is 813 g/mol. The first kappa shape index (κ1) is 55.0. The van der Waals surface area contributed by atoms with Crippen molar-refractivity contribution in [1.82, 2.24) is 0 Å². The van der Waals surface area contributed by atoms with Gasteiger partial charge in [0.2, 0.25) is 0 Å². The summed E-state index contributed by atoms with van der Waals surface area (Å²) >= 11 is 0. The third kappa shape index (κ3) is 41.2. The maximum absolute atomic E-state index is 13.1.